The molecule has 1 saturated heterocycles. The van der Waals surface area contributed by atoms with E-state index in [2.05, 4.69) is 10.2 Å². The highest BCUT2D eigenvalue weighted by molar-refractivity contribution is 7.91. The van der Waals surface area contributed by atoms with Crippen LogP contribution < -0.4 is 0 Å². The Balaban J connectivity index is 1.68. The van der Waals surface area contributed by atoms with E-state index >= 15 is 0 Å². The summed E-state index contributed by atoms with van der Waals surface area (Å²) in [4.78, 5) is 1.97. The predicted octanol–water partition coefficient (Wildman–Crippen LogP) is 1.36. The molecule has 0 amide bonds. The second-order valence-electron chi connectivity index (χ2n) is 5.34. The first-order valence-electron chi connectivity index (χ1n) is 6.82. The first-order valence-corrected chi connectivity index (χ1v) is 8.64. The van der Waals surface area contributed by atoms with Gasteiger partial charge in [-0.15, -0.1) is 10.2 Å². The zero-order valence-electron chi connectivity index (χ0n) is 11.8. The standard InChI is InChI=1S/C14H17N3O3S/c1-17(12-7-8-21(18,19)10-12)9-13-15-16-14(20-13)11-5-3-2-4-6-11/h2-6,12H,7-10H2,1H3. The van der Waals surface area contributed by atoms with Crippen molar-refractivity contribution < 1.29 is 12.8 Å². The number of hydrogen-bond acceptors (Lipinski definition) is 6. The Morgan fingerprint density at radius 3 is 2.71 bits per heavy atom. The number of sulfone groups is 1. The molecule has 7 heteroatoms. The minimum Gasteiger partial charge on any atom is -0.419 e. The molecule has 1 fully saturated rings. The van der Waals surface area contributed by atoms with Crippen LogP contribution in [0.3, 0.4) is 0 Å². The van der Waals surface area contributed by atoms with E-state index in [0.29, 0.717) is 24.7 Å². The first-order chi connectivity index (χ1) is 10.0. The van der Waals surface area contributed by atoms with Crippen molar-refractivity contribution in [3.8, 4) is 11.5 Å². The molecule has 1 atom stereocenters. The summed E-state index contributed by atoms with van der Waals surface area (Å²) in [5, 5.41) is 8.07. The third kappa shape index (κ3) is 3.30. The van der Waals surface area contributed by atoms with Crippen LogP contribution in [-0.2, 0) is 16.4 Å². The zero-order valence-corrected chi connectivity index (χ0v) is 12.6. The van der Waals surface area contributed by atoms with Crippen LogP contribution in [0, 0.1) is 0 Å². The third-order valence-electron chi connectivity index (χ3n) is 3.70. The van der Waals surface area contributed by atoms with E-state index in [1.165, 1.54) is 0 Å². The van der Waals surface area contributed by atoms with E-state index in [4.69, 9.17) is 4.42 Å². The molecule has 0 radical (unpaired) electrons. The molecule has 0 saturated carbocycles. The van der Waals surface area contributed by atoms with Crippen molar-refractivity contribution in [1.29, 1.82) is 0 Å². The summed E-state index contributed by atoms with van der Waals surface area (Å²) in [7, 11) is -0.992. The highest BCUT2D eigenvalue weighted by Crippen LogP contribution is 2.20. The Hall–Kier alpha value is -1.73. The molecule has 112 valence electrons. The fourth-order valence-corrected chi connectivity index (χ4v) is 4.29. The lowest BCUT2D eigenvalue weighted by Gasteiger charge is -2.20. The summed E-state index contributed by atoms with van der Waals surface area (Å²) in [6.45, 7) is 0.458. The van der Waals surface area contributed by atoms with Gasteiger partial charge >= 0.3 is 0 Å². The highest BCUT2D eigenvalue weighted by Gasteiger charge is 2.31. The number of aromatic nitrogens is 2. The topological polar surface area (TPSA) is 76.3 Å². The van der Waals surface area contributed by atoms with E-state index in [9.17, 15) is 8.42 Å². The molecule has 1 unspecified atom stereocenters. The smallest absolute Gasteiger partial charge is 0.247 e. The van der Waals surface area contributed by atoms with Crippen LogP contribution in [0.4, 0.5) is 0 Å². The van der Waals surface area contributed by atoms with Crippen molar-refractivity contribution in [2.75, 3.05) is 18.6 Å². The lowest BCUT2D eigenvalue weighted by atomic mass is 10.2. The van der Waals surface area contributed by atoms with Crippen LogP contribution >= 0.6 is 0 Å². The molecule has 3 rings (SSSR count). The molecule has 2 heterocycles. The van der Waals surface area contributed by atoms with Crippen LogP contribution in [0.5, 0.6) is 0 Å². The summed E-state index contributed by atoms with van der Waals surface area (Å²) in [5.41, 5.74) is 0.877. The van der Waals surface area contributed by atoms with Gasteiger partial charge in [0.2, 0.25) is 11.8 Å². The number of benzene rings is 1. The van der Waals surface area contributed by atoms with E-state index < -0.39 is 9.84 Å². The van der Waals surface area contributed by atoms with Crippen LogP contribution in [0.1, 0.15) is 12.3 Å². The van der Waals surface area contributed by atoms with Crippen molar-refractivity contribution in [3.63, 3.8) is 0 Å². The maximum Gasteiger partial charge on any atom is 0.247 e. The maximum atomic E-state index is 11.5. The van der Waals surface area contributed by atoms with Gasteiger partial charge < -0.3 is 4.42 Å². The molecule has 6 nitrogen and oxygen atoms in total. The fraction of sp³-hybridized carbons (Fsp3) is 0.429. The van der Waals surface area contributed by atoms with E-state index in [-0.39, 0.29) is 17.5 Å². The molecule has 2 aromatic rings. The van der Waals surface area contributed by atoms with Gasteiger partial charge in [-0.3, -0.25) is 4.90 Å². The molecule has 1 aromatic heterocycles. The molecule has 0 spiro atoms. The second kappa shape index (κ2) is 5.57. The Labute approximate surface area is 123 Å². The molecular weight excluding hydrogens is 290 g/mol. The zero-order chi connectivity index (χ0) is 14.9. The number of rotatable bonds is 4. The van der Waals surface area contributed by atoms with Crippen molar-refractivity contribution in [2.45, 2.75) is 19.0 Å². The first kappa shape index (κ1) is 14.2. The SMILES string of the molecule is CN(Cc1nnc(-c2ccccc2)o1)C1CCS(=O)(=O)C1. The monoisotopic (exact) mass is 307 g/mol. The summed E-state index contributed by atoms with van der Waals surface area (Å²) < 4.78 is 28.7. The van der Waals surface area contributed by atoms with Gasteiger partial charge in [0.05, 0.1) is 18.1 Å². The molecule has 0 aliphatic carbocycles. The van der Waals surface area contributed by atoms with Crippen LogP contribution in [0.25, 0.3) is 11.5 Å². The second-order valence-corrected chi connectivity index (χ2v) is 7.57. The average Bonchev–Trinajstić information content (AvgIpc) is 3.06. The molecule has 0 bridgehead atoms. The van der Waals surface area contributed by atoms with Crippen molar-refractivity contribution in [2.24, 2.45) is 0 Å². The van der Waals surface area contributed by atoms with Gasteiger partial charge in [0.25, 0.3) is 0 Å². The Kier molecular flexibility index (Phi) is 3.77. The molecule has 21 heavy (non-hydrogen) atoms. The van der Waals surface area contributed by atoms with Gasteiger partial charge in [0.15, 0.2) is 9.84 Å². The quantitative estimate of drug-likeness (QED) is 0.849. The van der Waals surface area contributed by atoms with Gasteiger partial charge in [-0.2, -0.15) is 0 Å². The maximum absolute atomic E-state index is 11.5. The largest absolute Gasteiger partial charge is 0.419 e. The van der Waals surface area contributed by atoms with Gasteiger partial charge in [-0.05, 0) is 25.6 Å². The van der Waals surface area contributed by atoms with Gasteiger partial charge in [-0.25, -0.2) is 8.42 Å². The van der Waals surface area contributed by atoms with Crippen molar-refractivity contribution >= 4 is 9.84 Å². The molecule has 1 aromatic carbocycles. The van der Waals surface area contributed by atoms with Gasteiger partial charge in [-0.1, -0.05) is 18.2 Å². The number of hydrogen-bond donors (Lipinski definition) is 0. The minimum absolute atomic E-state index is 0.0297. The Morgan fingerprint density at radius 1 is 1.29 bits per heavy atom. The summed E-state index contributed by atoms with van der Waals surface area (Å²) in [6, 6.07) is 9.59. The third-order valence-corrected chi connectivity index (χ3v) is 5.45. The number of nitrogens with zero attached hydrogens (tertiary/aromatic N) is 3. The fourth-order valence-electron chi connectivity index (χ4n) is 2.48. The lowest BCUT2D eigenvalue weighted by Crippen LogP contribution is -2.32. The normalized spacial score (nSPS) is 21.0. The summed E-state index contributed by atoms with van der Waals surface area (Å²) in [5.74, 6) is 1.46. The van der Waals surface area contributed by atoms with Crippen LogP contribution in [0.15, 0.2) is 34.7 Å². The van der Waals surface area contributed by atoms with Crippen molar-refractivity contribution in [3.05, 3.63) is 36.2 Å². The minimum atomic E-state index is -2.88. The summed E-state index contributed by atoms with van der Waals surface area (Å²) >= 11 is 0. The van der Waals surface area contributed by atoms with Crippen molar-refractivity contribution in [1.82, 2.24) is 15.1 Å². The van der Waals surface area contributed by atoms with E-state index in [1.54, 1.807) is 0 Å². The van der Waals surface area contributed by atoms with Gasteiger partial charge in [0.1, 0.15) is 0 Å². The lowest BCUT2D eigenvalue weighted by molar-refractivity contribution is 0.230. The molecule has 1 aliphatic heterocycles. The predicted molar refractivity (Wildman–Crippen MR) is 78.3 cm³/mol. The molecule has 0 N–H and O–H groups in total. The van der Waals surface area contributed by atoms with E-state index in [1.807, 2.05) is 42.3 Å². The highest BCUT2D eigenvalue weighted by atomic mass is 32.2. The summed E-state index contributed by atoms with van der Waals surface area (Å²) in [6.07, 6.45) is 0.665. The van der Waals surface area contributed by atoms with Crippen LogP contribution in [0.2, 0.25) is 0 Å². The Morgan fingerprint density at radius 2 is 2.05 bits per heavy atom. The van der Waals surface area contributed by atoms with E-state index in [0.717, 1.165) is 5.56 Å². The molecular formula is C14H17N3O3S. The van der Waals surface area contributed by atoms with Crippen LogP contribution in [-0.4, -0.2) is 48.1 Å². The van der Waals surface area contributed by atoms with Gasteiger partial charge in [0, 0.05) is 11.6 Å². The average molecular weight is 307 g/mol. The Bertz CT molecular complexity index is 712. The molecule has 1 aliphatic rings.